The maximum Gasteiger partial charge on any atom is 0.417 e. The van der Waals surface area contributed by atoms with Crippen molar-refractivity contribution in [2.45, 2.75) is 24.9 Å². The Morgan fingerprint density at radius 3 is 2.35 bits per heavy atom. The smallest absolute Gasteiger partial charge is 0.339 e. The topological polar surface area (TPSA) is 49.3 Å². The number of amidine groups is 1. The Morgan fingerprint density at radius 2 is 1.61 bits per heavy atom. The number of fused-ring (bicyclic) bond motifs is 1. The van der Waals surface area contributed by atoms with E-state index < -0.39 is 11.7 Å². The number of piperidine rings is 1. The minimum Gasteiger partial charge on any atom is -0.339 e. The maximum absolute atomic E-state index is 13.7. The lowest BCUT2D eigenvalue weighted by molar-refractivity contribution is -0.137. The summed E-state index contributed by atoms with van der Waals surface area (Å²) in [4.78, 5) is 9.39. The molecule has 0 saturated carbocycles. The van der Waals surface area contributed by atoms with Crippen molar-refractivity contribution in [3.05, 3.63) is 77.5 Å². The van der Waals surface area contributed by atoms with Gasteiger partial charge in [0, 0.05) is 22.7 Å². The van der Waals surface area contributed by atoms with Crippen LogP contribution in [0.25, 0.3) is 11.3 Å². The zero-order valence-electron chi connectivity index (χ0n) is 16.7. The number of rotatable bonds is 3. The Hall–Kier alpha value is -3.19. The third-order valence-corrected chi connectivity index (χ3v) is 5.77. The first-order valence-electron chi connectivity index (χ1n) is 10.3. The van der Waals surface area contributed by atoms with E-state index in [4.69, 9.17) is 4.99 Å². The molecule has 0 unspecified atom stereocenters. The Kier molecular flexibility index (Phi) is 4.98. The van der Waals surface area contributed by atoms with Crippen LogP contribution in [-0.2, 0) is 6.18 Å². The van der Waals surface area contributed by atoms with Crippen LogP contribution in [0.3, 0.4) is 0 Å². The zero-order chi connectivity index (χ0) is 21.4. The lowest BCUT2D eigenvalue weighted by atomic mass is 9.93. The molecule has 3 aromatic rings. The van der Waals surface area contributed by atoms with E-state index >= 15 is 0 Å². The summed E-state index contributed by atoms with van der Waals surface area (Å²) in [5.41, 5.74) is 3.09. The van der Waals surface area contributed by atoms with Crippen LogP contribution in [0.1, 0.15) is 35.6 Å². The third-order valence-electron chi connectivity index (χ3n) is 5.77. The van der Waals surface area contributed by atoms with Gasteiger partial charge in [-0.2, -0.15) is 13.2 Å². The summed E-state index contributed by atoms with van der Waals surface area (Å²) in [5, 5.41) is 6.53. The van der Waals surface area contributed by atoms with E-state index in [0.717, 1.165) is 48.9 Å². The van der Waals surface area contributed by atoms with Gasteiger partial charge in [0.1, 0.15) is 5.84 Å². The molecule has 2 aromatic carbocycles. The molecule has 2 aliphatic heterocycles. The fourth-order valence-corrected chi connectivity index (χ4v) is 4.17. The number of alkyl halides is 3. The molecule has 0 aliphatic carbocycles. The van der Waals surface area contributed by atoms with Crippen molar-refractivity contribution in [1.29, 1.82) is 0 Å². The van der Waals surface area contributed by atoms with Gasteiger partial charge in [0.05, 0.1) is 22.6 Å². The highest BCUT2D eigenvalue weighted by Gasteiger charge is 2.34. The normalized spacial score (nSPS) is 17.7. The number of nitrogens with zero attached hydrogens (tertiary/aromatic N) is 2. The van der Waals surface area contributed by atoms with E-state index in [9.17, 15) is 13.2 Å². The predicted molar refractivity (Wildman–Crippen MR) is 116 cm³/mol. The molecule has 0 spiro atoms. The van der Waals surface area contributed by atoms with Crippen LogP contribution in [0.15, 0.2) is 65.7 Å². The molecule has 0 atom stereocenters. The fraction of sp³-hybridized carbons (Fsp3) is 0.250. The van der Waals surface area contributed by atoms with Crippen LogP contribution in [0.5, 0.6) is 0 Å². The van der Waals surface area contributed by atoms with Crippen molar-refractivity contribution in [1.82, 2.24) is 10.3 Å². The molecule has 0 bridgehead atoms. The number of benzene rings is 2. The van der Waals surface area contributed by atoms with E-state index in [1.165, 1.54) is 12.1 Å². The van der Waals surface area contributed by atoms with Gasteiger partial charge in [0.15, 0.2) is 0 Å². The summed E-state index contributed by atoms with van der Waals surface area (Å²) in [7, 11) is 0. The van der Waals surface area contributed by atoms with Gasteiger partial charge in [-0.3, -0.25) is 4.98 Å². The van der Waals surface area contributed by atoms with Gasteiger partial charge in [-0.15, -0.1) is 0 Å². The number of hydrogen-bond donors (Lipinski definition) is 2. The third kappa shape index (κ3) is 3.93. The van der Waals surface area contributed by atoms with Crippen LogP contribution in [0.4, 0.5) is 24.5 Å². The summed E-state index contributed by atoms with van der Waals surface area (Å²) in [6, 6.07) is 17.0. The second-order valence-corrected chi connectivity index (χ2v) is 7.83. The molecule has 31 heavy (non-hydrogen) atoms. The van der Waals surface area contributed by atoms with Gasteiger partial charge in [-0.25, -0.2) is 4.99 Å². The first-order chi connectivity index (χ1) is 15.0. The molecule has 2 N–H and O–H groups in total. The molecule has 2 aliphatic rings. The van der Waals surface area contributed by atoms with Crippen LogP contribution in [0.2, 0.25) is 0 Å². The van der Waals surface area contributed by atoms with E-state index in [2.05, 4.69) is 15.6 Å². The summed E-state index contributed by atoms with van der Waals surface area (Å²) in [5.74, 6) is 0.910. The Labute approximate surface area is 178 Å². The van der Waals surface area contributed by atoms with E-state index in [-0.39, 0.29) is 11.5 Å². The SMILES string of the molecule is FC(F)(F)c1ccccc1-c1cc(N=C2Nc3ccccc32)cc(C2CCNCC2)n1. The molecule has 3 heterocycles. The lowest BCUT2D eigenvalue weighted by Crippen LogP contribution is -2.27. The number of anilines is 1. The number of halogens is 3. The lowest BCUT2D eigenvalue weighted by Gasteiger charge is -2.25. The van der Waals surface area contributed by atoms with E-state index in [1.807, 2.05) is 30.3 Å². The molecule has 1 fully saturated rings. The Morgan fingerprint density at radius 1 is 0.903 bits per heavy atom. The van der Waals surface area contributed by atoms with Crippen LogP contribution >= 0.6 is 0 Å². The molecule has 0 amide bonds. The molecule has 158 valence electrons. The number of aromatic nitrogens is 1. The summed E-state index contributed by atoms with van der Waals surface area (Å²) < 4.78 is 41.0. The molecular weight excluding hydrogens is 401 g/mol. The van der Waals surface area contributed by atoms with Gasteiger partial charge >= 0.3 is 6.18 Å². The second-order valence-electron chi connectivity index (χ2n) is 7.83. The Balaban J connectivity index is 1.62. The number of nitrogens with one attached hydrogen (secondary N) is 2. The summed E-state index contributed by atoms with van der Waals surface area (Å²) >= 11 is 0. The first kappa shape index (κ1) is 19.8. The molecule has 4 nitrogen and oxygen atoms in total. The number of aliphatic imine (C=N–C) groups is 1. The van der Waals surface area contributed by atoms with Crippen molar-refractivity contribution in [2.75, 3.05) is 18.4 Å². The van der Waals surface area contributed by atoms with E-state index in [1.54, 1.807) is 12.1 Å². The highest BCUT2D eigenvalue weighted by atomic mass is 19.4. The molecule has 1 aromatic heterocycles. The van der Waals surface area contributed by atoms with Crippen molar-refractivity contribution in [2.24, 2.45) is 4.99 Å². The van der Waals surface area contributed by atoms with Gasteiger partial charge < -0.3 is 10.6 Å². The summed E-state index contributed by atoms with van der Waals surface area (Å²) in [6.45, 7) is 1.74. The van der Waals surface area contributed by atoms with Crippen molar-refractivity contribution < 1.29 is 13.2 Å². The standard InChI is InChI=1S/C24H21F3N4/c25-24(26,27)19-7-3-1-5-17(19)22-14-16(13-21(30-22)15-9-11-28-12-10-15)29-23-18-6-2-4-8-20(18)31-23/h1-8,13-15,28H,9-12H2,(H,29,30,31). The molecular formula is C24H21F3N4. The molecule has 1 saturated heterocycles. The van der Waals surface area contributed by atoms with Crippen LogP contribution in [-0.4, -0.2) is 23.9 Å². The molecule has 0 radical (unpaired) electrons. The quantitative estimate of drug-likeness (QED) is 0.566. The van der Waals surface area contributed by atoms with Gasteiger partial charge in [0.25, 0.3) is 0 Å². The van der Waals surface area contributed by atoms with Crippen LogP contribution in [0, 0.1) is 0 Å². The fourth-order valence-electron chi connectivity index (χ4n) is 4.17. The Bertz CT molecular complexity index is 1150. The van der Waals surface area contributed by atoms with Gasteiger partial charge in [-0.1, -0.05) is 30.3 Å². The monoisotopic (exact) mass is 422 g/mol. The maximum atomic E-state index is 13.7. The average Bonchev–Trinajstić information content (AvgIpc) is 2.77. The van der Waals surface area contributed by atoms with E-state index in [0.29, 0.717) is 17.2 Å². The first-order valence-corrected chi connectivity index (χ1v) is 10.3. The van der Waals surface area contributed by atoms with Crippen LogP contribution < -0.4 is 10.6 Å². The van der Waals surface area contributed by atoms with Gasteiger partial charge in [0.2, 0.25) is 0 Å². The number of hydrogen-bond acceptors (Lipinski definition) is 3. The minimum absolute atomic E-state index is 0.0780. The zero-order valence-corrected chi connectivity index (χ0v) is 16.7. The molecule has 5 rings (SSSR count). The predicted octanol–water partition coefficient (Wildman–Crippen LogP) is 5.74. The largest absolute Gasteiger partial charge is 0.417 e. The van der Waals surface area contributed by atoms with Crippen molar-refractivity contribution in [3.8, 4) is 11.3 Å². The average molecular weight is 422 g/mol. The van der Waals surface area contributed by atoms with Crippen molar-refractivity contribution in [3.63, 3.8) is 0 Å². The molecule has 7 heteroatoms. The highest BCUT2D eigenvalue weighted by molar-refractivity contribution is 6.21. The summed E-state index contributed by atoms with van der Waals surface area (Å²) in [6.07, 6.45) is -2.66. The van der Waals surface area contributed by atoms with Crippen molar-refractivity contribution >= 4 is 17.2 Å². The second kappa shape index (κ2) is 7.81. The number of pyridine rings is 1. The highest BCUT2D eigenvalue weighted by Crippen LogP contribution is 2.39. The van der Waals surface area contributed by atoms with Gasteiger partial charge in [-0.05, 0) is 56.3 Å². The number of para-hydroxylation sites is 1. The minimum atomic E-state index is -4.45.